The number of halogens is 1. The highest BCUT2D eigenvalue weighted by atomic mass is 19.1. The zero-order valence-electron chi connectivity index (χ0n) is 13.4. The number of carbonyl (C=O) groups is 1. The molecule has 1 aromatic heterocycles. The quantitative estimate of drug-likeness (QED) is 0.865. The molecule has 2 unspecified atom stereocenters. The summed E-state index contributed by atoms with van der Waals surface area (Å²) in [4.78, 5) is 14.4. The molecule has 126 valence electrons. The van der Waals surface area contributed by atoms with Gasteiger partial charge in [-0.15, -0.1) is 5.10 Å². The molecule has 4 rings (SSSR count). The maximum absolute atomic E-state index is 12.8. The molecule has 24 heavy (non-hydrogen) atoms. The summed E-state index contributed by atoms with van der Waals surface area (Å²) in [5, 5.41) is 11.0. The number of hydrogen-bond donors (Lipinski definition) is 1. The van der Waals surface area contributed by atoms with Crippen LogP contribution in [-0.4, -0.2) is 38.9 Å². The molecule has 1 amide bonds. The molecule has 2 aromatic rings. The van der Waals surface area contributed by atoms with Gasteiger partial charge in [-0.25, -0.2) is 9.07 Å². The fourth-order valence-electron chi connectivity index (χ4n) is 3.35. The molecule has 6 nitrogen and oxygen atoms in total. The van der Waals surface area contributed by atoms with Gasteiger partial charge in [-0.05, 0) is 36.0 Å². The molecule has 7 heteroatoms. The van der Waals surface area contributed by atoms with Crippen molar-refractivity contribution >= 4 is 5.91 Å². The van der Waals surface area contributed by atoms with E-state index in [0.29, 0.717) is 6.54 Å². The summed E-state index contributed by atoms with van der Waals surface area (Å²) in [6.07, 6.45) is 3.22. The Morgan fingerprint density at radius 1 is 1.25 bits per heavy atom. The lowest BCUT2D eigenvalue weighted by atomic mass is 10.2. The van der Waals surface area contributed by atoms with Gasteiger partial charge < -0.3 is 5.32 Å². The molecule has 1 aromatic carbocycles. The Bertz CT molecular complexity index is 719. The molecule has 2 aliphatic rings. The van der Waals surface area contributed by atoms with E-state index in [2.05, 4.69) is 20.5 Å². The van der Waals surface area contributed by atoms with Crippen LogP contribution >= 0.6 is 0 Å². The molecular weight excluding hydrogens is 309 g/mol. The van der Waals surface area contributed by atoms with Gasteiger partial charge in [0.1, 0.15) is 12.4 Å². The second-order valence-electron chi connectivity index (χ2n) is 6.76. The van der Waals surface area contributed by atoms with E-state index < -0.39 is 0 Å². The number of aromatic nitrogens is 3. The molecular formula is C17H20FN5O. The predicted molar refractivity (Wildman–Crippen MR) is 85.1 cm³/mol. The molecule has 2 atom stereocenters. The monoisotopic (exact) mass is 329 g/mol. The van der Waals surface area contributed by atoms with Crippen molar-refractivity contribution in [2.24, 2.45) is 11.8 Å². The first kappa shape index (κ1) is 15.3. The van der Waals surface area contributed by atoms with Gasteiger partial charge in [0.25, 0.3) is 0 Å². The lowest BCUT2D eigenvalue weighted by Crippen LogP contribution is -2.27. The summed E-state index contributed by atoms with van der Waals surface area (Å²) in [5.41, 5.74) is 1.76. The number of hydrogen-bond acceptors (Lipinski definition) is 4. The standard InChI is InChI=1S/C17H20FN5O/c18-15-3-1-12(2-4-15)6-19-17(24)11-23-10-16(20-21-23)9-22-7-13-5-14(13)8-22/h1-4,10,13-14H,5-9,11H2,(H,19,24). The highest BCUT2D eigenvalue weighted by Gasteiger charge is 2.44. The van der Waals surface area contributed by atoms with Gasteiger partial charge in [-0.2, -0.15) is 0 Å². The highest BCUT2D eigenvalue weighted by Crippen LogP contribution is 2.45. The second-order valence-corrected chi connectivity index (χ2v) is 6.76. The van der Waals surface area contributed by atoms with Crippen molar-refractivity contribution in [2.75, 3.05) is 13.1 Å². The molecule has 0 spiro atoms. The van der Waals surface area contributed by atoms with Crippen molar-refractivity contribution in [3.63, 3.8) is 0 Å². The average Bonchev–Trinajstić information content (AvgIpc) is 2.96. The van der Waals surface area contributed by atoms with Gasteiger partial charge in [-0.1, -0.05) is 17.3 Å². The van der Waals surface area contributed by atoms with Crippen molar-refractivity contribution in [1.82, 2.24) is 25.2 Å². The minimum atomic E-state index is -0.282. The van der Waals surface area contributed by atoms with Crippen molar-refractivity contribution < 1.29 is 9.18 Å². The van der Waals surface area contributed by atoms with Crippen LogP contribution in [0.1, 0.15) is 17.7 Å². The Morgan fingerprint density at radius 2 is 2.00 bits per heavy atom. The van der Waals surface area contributed by atoms with E-state index in [1.165, 1.54) is 18.6 Å². The van der Waals surface area contributed by atoms with Crippen molar-refractivity contribution in [2.45, 2.75) is 26.1 Å². The summed E-state index contributed by atoms with van der Waals surface area (Å²) < 4.78 is 14.4. The first-order valence-electron chi connectivity index (χ1n) is 8.28. The van der Waals surface area contributed by atoms with E-state index >= 15 is 0 Å². The molecule has 0 bridgehead atoms. The second kappa shape index (κ2) is 6.32. The third-order valence-corrected chi connectivity index (χ3v) is 4.73. The third kappa shape index (κ3) is 3.62. The van der Waals surface area contributed by atoms with Crippen LogP contribution in [0.5, 0.6) is 0 Å². The zero-order chi connectivity index (χ0) is 16.5. The summed E-state index contributed by atoms with van der Waals surface area (Å²) >= 11 is 0. The van der Waals surface area contributed by atoms with E-state index in [0.717, 1.165) is 42.7 Å². The molecule has 2 fully saturated rings. The van der Waals surface area contributed by atoms with Crippen LogP contribution in [0, 0.1) is 17.7 Å². The minimum absolute atomic E-state index is 0.138. The summed E-state index contributed by atoms with van der Waals surface area (Å²) in [6.45, 7) is 3.65. The van der Waals surface area contributed by atoms with Gasteiger partial charge in [0.05, 0.1) is 11.9 Å². The maximum atomic E-state index is 12.8. The number of fused-ring (bicyclic) bond motifs is 1. The van der Waals surface area contributed by atoms with Crippen molar-refractivity contribution in [3.05, 3.63) is 47.5 Å². The Balaban J connectivity index is 1.24. The van der Waals surface area contributed by atoms with E-state index in [4.69, 9.17) is 0 Å². The number of nitrogens with one attached hydrogen (secondary N) is 1. The summed E-state index contributed by atoms with van der Waals surface area (Å²) in [5.74, 6) is 1.38. The van der Waals surface area contributed by atoms with Gasteiger partial charge >= 0.3 is 0 Å². The molecule has 1 aliphatic heterocycles. The lowest BCUT2D eigenvalue weighted by molar-refractivity contribution is -0.122. The molecule has 1 N–H and O–H groups in total. The van der Waals surface area contributed by atoms with Crippen LogP contribution in [-0.2, 0) is 24.4 Å². The van der Waals surface area contributed by atoms with E-state index in [1.54, 1.807) is 16.8 Å². The molecule has 2 heterocycles. The van der Waals surface area contributed by atoms with Crippen molar-refractivity contribution in [1.29, 1.82) is 0 Å². The van der Waals surface area contributed by atoms with Gasteiger partial charge in [-0.3, -0.25) is 9.69 Å². The smallest absolute Gasteiger partial charge is 0.242 e. The van der Waals surface area contributed by atoms with E-state index in [9.17, 15) is 9.18 Å². The summed E-state index contributed by atoms with van der Waals surface area (Å²) in [7, 11) is 0. The first-order chi connectivity index (χ1) is 11.7. The highest BCUT2D eigenvalue weighted by molar-refractivity contribution is 5.75. The third-order valence-electron chi connectivity index (χ3n) is 4.73. The number of rotatable bonds is 6. The number of carbonyl (C=O) groups excluding carboxylic acids is 1. The Labute approximate surface area is 139 Å². The number of nitrogens with zero attached hydrogens (tertiary/aromatic N) is 4. The molecule has 1 saturated heterocycles. The van der Waals surface area contributed by atoms with Crippen LogP contribution in [0.4, 0.5) is 4.39 Å². The van der Waals surface area contributed by atoms with Crippen LogP contribution in [0.3, 0.4) is 0 Å². The topological polar surface area (TPSA) is 63.1 Å². The normalized spacial score (nSPS) is 22.4. The maximum Gasteiger partial charge on any atom is 0.242 e. The first-order valence-corrected chi connectivity index (χ1v) is 8.28. The Morgan fingerprint density at radius 3 is 2.75 bits per heavy atom. The van der Waals surface area contributed by atoms with E-state index in [1.807, 2.05) is 6.20 Å². The van der Waals surface area contributed by atoms with E-state index in [-0.39, 0.29) is 18.3 Å². The number of amides is 1. The van der Waals surface area contributed by atoms with Crippen molar-refractivity contribution in [3.8, 4) is 0 Å². The average molecular weight is 329 g/mol. The largest absolute Gasteiger partial charge is 0.350 e. The van der Waals surface area contributed by atoms with Crippen LogP contribution < -0.4 is 5.32 Å². The van der Waals surface area contributed by atoms with Gasteiger partial charge in [0, 0.05) is 26.2 Å². The minimum Gasteiger partial charge on any atom is -0.350 e. The SMILES string of the molecule is O=C(Cn1cc(CN2CC3CC3C2)nn1)NCc1ccc(F)cc1. The Hall–Kier alpha value is -2.28. The fourth-order valence-corrected chi connectivity index (χ4v) is 3.35. The van der Waals surface area contributed by atoms with Gasteiger partial charge in [0.2, 0.25) is 5.91 Å². The predicted octanol–water partition coefficient (Wildman–Crippen LogP) is 1.19. The Kier molecular flexibility index (Phi) is 4.02. The molecule has 1 aliphatic carbocycles. The van der Waals surface area contributed by atoms with Crippen LogP contribution in [0.25, 0.3) is 0 Å². The van der Waals surface area contributed by atoms with Gasteiger partial charge in [0.15, 0.2) is 0 Å². The zero-order valence-corrected chi connectivity index (χ0v) is 13.4. The molecule has 1 saturated carbocycles. The fraction of sp³-hybridized carbons (Fsp3) is 0.471. The number of benzene rings is 1. The lowest BCUT2D eigenvalue weighted by Gasteiger charge is -2.14. The van der Waals surface area contributed by atoms with Crippen LogP contribution in [0.2, 0.25) is 0 Å². The molecule has 0 radical (unpaired) electrons. The number of piperidine rings is 1. The number of likely N-dealkylation sites (tertiary alicyclic amines) is 1. The van der Waals surface area contributed by atoms with Crippen LogP contribution in [0.15, 0.2) is 30.5 Å². The summed E-state index contributed by atoms with van der Waals surface area (Å²) in [6, 6.07) is 6.08.